The van der Waals surface area contributed by atoms with Gasteiger partial charge in [0.2, 0.25) is 23.6 Å². The van der Waals surface area contributed by atoms with Crippen molar-refractivity contribution in [2.24, 2.45) is 0 Å². The second-order valence-electron chi connectivity index (χ2n) is 12.3. The van der Waals surface area contributed by atoms with E-state index in [4.69, 9.17) is 9.47 Å². The molecule has 4 rings (SSSR count). The average molecular weight is 707 g/mol. The van der Waals surface area contributed by atoms with Crippen LogP contribution in [0.3, 0.4) is 0 Å². The minimum Gasteiger partial charge on any atom is -0.497 e. The first-order chi connectivity index (χ1) is 25.1. The highest BCUT2D eigenvalue weighted by atomic mass is 16.5. The fourth-order valence-electron chi connectivity index (χ4n) is 5.60. The standard InChI is InChI=1S/C41H46N4O7/c1-44(31-15-21-34(51-3)22-16-31)40(49)36(27-29-11-7-5-8-12-29)42-38(47)25-19-33(46)20-26-39(48)43-37(28-30-13-9-6-10-14-30)41(50)45(2)32-17-23-35(52-4)24-18-32/h5-18,21-24,36-37H,19-20,25-28H2,1-4H3,(H,42,47)(H,43,48)/t36-,37-/m0/s1. The number of hydrogen-bond acceptors (Lipinski definition) is 7. The Morgan fingerprint density at radius 1 is 0.519 bits per heavy atom. The number of carbonyl (C=O) groups excluding carboxylic acids is 5. The van der Waals surface area contributed by atoms with E-state index in [-0.39, 0.29) is 56.1 Å². The van der Waals surface area contributed by atoms with E-state index in [0.717, 1.165) is 11.1 Å². The lowest BCUT2D eigenvalue weighted by Gasteiger charge is -2.25. The molecule has 0 aliphatic rings. The van der Waals surface area contributed by atoms with E-state index >= 15 is 0 Å². The first-order valence-corrected chi connectivity index (χ1v) is 17.1. The normalized spacial score (nSPS) is 11.8. The third-order valence-electron chi connectivity index (χ3n) is 8.67. The molecule has 0 radical (unpaired) electrons. The van der Waals surface area contributed by atoms with Crippen LogP contribution < -0.4 is 29.9 Å². The van der Waals surface area contributed by atoms with Gasteiger partial charge in [-0.3, -0.25) is 24.0 Å². The molecule has 0 unspecified atom stereocenters. The zero-order valence-corrected chi connectivity index (χ0v) is 30.0. The van der Waals surface area contributed by atoms with E-state index in [1.807, 2.05) is 60.7 Å². The molecule has 0 aromatic heterocycles. The van der Waals surface area contributed by atoms with Crippen molar-refractivity contribution >= 4 is 40.8 Å². The highest BCUT2D eigenvalue weighted by Gasteiger charge is 2.27. The molecule has 2 N–H and O–H groups in total. The SMILES string of the molecule is COc1ccc(N(C)C(=O)[C@H](Cc2ccccc2)NC(=O)CCC(=O)CCC(=O)N[C@@H](Cc2ccccc2)C(=O)N(C)c2ccc(OC)cc2)cc1. The fourth-order valence-corrected chi connectivity index (χ4v) is 5.60. The van der Waals surface area contributed by atoms with Crippen molar-refractivity contribution in [3.05, 3.63) is 120 Å². The Bertz CT molecular complexity index is 1650. The van der Waals surface area contributed by atoms with Gasteiger partial charge in [0.05, 0.1) is 14.2 Å². The number of methoxy groups -OCH3 is 2. The Morgan fingerprint density at radius 2 is 0.865 bits per heavy atom. The molecule has 11 nitrogen and oxygen atoms in total. The van der Waals surface area contributed by atoms with E-state index < -0.39 is 23.9 Å². The van der Waals surface area contributed by atoms with Gasteiger partial charge in [0.25, 0.3) is 0 Å². The maximum absolute atomic E-state index is 13.6. The molecular formula is C41H46N4O7. The van der Waals surface area contributed by atoms with Crippen LogP contribution in [0.4, 0.5) is 11.4 Å². The summed E-state index contributed by atoms with van der Waals surface area (Å²) in [5.41, 5.74) is 2.99. The Balaban J connectivity index is 1.32. The second kappa shape index (κ2) is 19.4. The minimum absolute atomic E-state index is 0.105. The van der Waals surface area contributed by atoms with Gasteiger partial charge in [-0.25, -0.2) is 0 Å². The Morgan fingerprint density at radius 3 is 1.19 bits per heavy atom. The number of amides is 4. The molecule has 0 aliphatic heterocycles. The quantitative estimate of drug-likeness (QED) is 0.150. The molecule has 0 aliphatic carbocycles. The number of hydrogen-bond donors (Lipinski definition) is 2. The highest BCUT2D eigenvalue weighted by molar-refractivity contribution is 6.00. The number of carbonyl (C=O) groups is 5. The lowest BCUT2D eigenvalue weighted by atomic mass is 10.0. The van der Waals surface area contributed by atoms with Crippen LogP contribution in [0, 0.1) is 0 Å². The van der Waals surface area contributed by atoms with Gasteiger partial charge in [-0.1, -0.05) is 60.7 Å². The molecule has 0 saturated carbocycles. The third kappa shape index (κ3) is 11.5. The van der Waals surface area contributed by atoms with Crippen molar-refractivity contribution in [3.63, 3.8) is 0 Å². The second-order valence-corrected chi connectivity index (χ2v) is 12.3. The number of benzene rings is 4. The van der Waals surface area contributed by atoms with Gasteiger partial charge in [-0.05, 0) is 59.7 Å². The van der Waals surface area contributed by atoms with Crippen LogP contribution in [-0.2, 0) is 36.8 Å². The highest BCUT2D eigenvalue weighted by Crippen LogP contribution is 2.21. The molecule has 52 heavy (non-hydrogen) atoms. The molecular weight excluding hydrogens is 660 g/mol. The number of ketones is 1. The van der Waals surface area contributed by atoms with Crippen LogP contribution in [0.1, 0.15) is 36.8 Å². The summed E-state index contributed by atoms with van der Waals surface area (Å²) < 4.78 is 10.4. The van der Waals surface area contributed by atoms with E-state index in [2.05, 4.69) is 10.6 Å². The number of nitrogens with zero attached hydrogens (tertiary/aromatic N) is 2. The van der Waals surface area contributed by atoms with Crippen LogP contribution in [0.15, 0.2) is 109 Å². The van der Waals surface area contributed by atoms with Gasteiger partial charge >= 0.3 is 0 Å². The van der Waals surface area contributed by atoms with E-state index in [0.29, 0.717) is 22.9 Å². The molecule has 272 valence electrons. The lowest BCUT2D eigenvalue weighted by molar-refractivity contribution is -0.130. The number of likely N-dealkylation sites (N-methyl/N-ethyl adjacent to an activating group) is 2. The zero-order valence-electron chi connectivity index (χ0n) is 30.0. The predicted molar refractivity (Wildman–Crippen MR) is 200 cm³/mol. The summed E-state index contributed by atoms with van der Waals surface area (Å²) in [5, 5.41) is 5.63. The Kier molecular flexibility index (Phi) is 14.5. The number of anilines is 2. The lowest BCUT2D eigenvalue weighted by Crippen LogP contribution is -2.49. The third-order valence-corrected chi connectivity index (χ3v) is 8.67. The van der Waals surface area contributed by atoms with Crippen molar-refractivity contribution < 1.29 is 33.4 Å². The summed E-state index contributed by atoms with van der Waals surface area (Å²) in [6.07, 6.45) is 0.0196. The van der Waals surface area contributed by atoms with Crippen LogP contribution in [0.5, 0.6) is 11.5 Å². The van der Waals surface area contributed by atoms with Crippen LogP contribution in [-0.4, -0.2) is 69.8 Å². The maximum Gasteiger partial charge on any atom is 0.249 e. The summed E-state index contributed by atoms with van der Waals surface area (Å²) in [5.74, 6) is -0.522. The van der Waals surface area contributed by atoms with Crippen molar-refractivity contribution in [2.75, 3.05) is 38.1 Å². The number of ether oxygens (including phenoxy) is 2. The average Bonchev–Trinajstić information content (AvgIpc) is 3.18. The summed E-state index contributed by atoms with van der Waals surface area (Å²) >= 11 is 0. The molecule has 0 bridgehead atoms. The Hall–Kier alpha value is -5.97. The van der Waals surface area contributed by atoms with Gasteiger partial charge in [0, 0.05) is 64.0 Å². The van der Waals surface area contributed by atoms with Gasteiger partial charge in [0.1, 0.15) is 29.4 Å². The first-order valence-electron chi connectivity index (χ1n) is 17.1. The smallest absolute Gasteiger partial charge is 0.249 e. The molecule has 4 amide bonds. The zero-order chi connectivity index (χ0) is 37.5. The van der Waals surface area contributed by atoms with E-state index in [1.165, 1.54) is 9.80 Å². The maximum atomic E-state index is 13.6. The van der Waals surface area contributed by atoms with Gasteiger partial charge in [-0.2, -0.15) is 0 Å². The van der Waals surface area contributed by atoms with Gasteiger partial charge in [0.15, 0.2) is 0 Å². The summed E-state index contributed by atoms with van der Waals surface area (Å²) in [6, 6.07) is 31.0. The van der Waals surface area contributed by atoms with Crippen molar-refractivity contribution in [1.82, 2.24) is 10.6 Å². The van der Waals surface area contributed by atoms with Crippen molar-refractivity contribution in [3.8, 4) is 11.5 Å². The van der Waals surface area contributed by atoms with Gasteiger partial charge in [-0.15, -0.1) is 0 Å². The van der Waals surface area contributed by atoms with Gasteiger partial charge < -0.3 is 29.9 Å². The molecule has 0 heterocycles. The molecule has 0 saturated heterocycles. The molecule has 4 aromatic rings. The topological polar surface area (TPSA) is 134 Å². The van der Waals surface area contributed by atoms with Crippen molar-refractivity contribution in [1.29, 1.82) is 0 Å². The number of Topliss-reactive ketones (excluding diaryl/α,β-unsaturated/α-hetero) is 1. The largest absolute Gasteiger partial charge is 0.497 e. The van der Waals surface area contributed by atoms with Crippen molar-refractivity contribution in [2.45, 2.75) is 50.6 Å². The number of nitrogens with one attached hydrogen (secondary N) is 2. The fraction of sp³-hybridized carbons (Fsp3) is 0.293. The molecule has 0 spiro atoms. The Labute approximate surface area is 304 Å². The minimum atomic E-state index is -0.877. The monoisotopic (exact) mass is 706 g/mol. The summed E-state index contributed by atoms with van der Waals surface area (Å²) in [6.45, 7) is 0. The molecule has 4 aromatic carbocycles. The first kappa shape index (κ1) is 38.8. The molecule has 11 heteroatoms. The van der Waals surface area contributed by atoms with E-state index in [1.54, 1.807) is 76.8 Å². The summed E-state index contributed by atoms with van der Waals surface area (Å²) in [7, 11) is 6.39. The van der Waals surface area contributed by atoms with Crippen LogP contribution in [0.2, 0.25) is 0 Å². The summed E-state index contributed by atoms with van der Waals surface area (Å²) in [4.78, 5) is 69.1. The number of rotatable bonds is 18. The van der Waals surface area contributed by atoms with E-state index in [9.17, 15) is 24.0 Å². The molecule has 0 fully saturated rings. The van der Waals surface area contributed by atoms with Crippen LogP contribution >= 0.6 is 0 Å². The molecule has 2 atom stereocenters. The van der Waals surface area contributed by atoms with Crippen LogP contribution in [0.25, 0.3) is 0 Å². The predicted octanol–water partition coefficient (Wildman–Crippen LogP) is 4.91.